The summed E-state index contributed by atoms with van der Waals surface area (Å²) in [5, 5.41) is 9.09. The van der Waals surface area contributed by atoms with Gasteiger partial charge in [-0.25, -0.2) is 9.78 Å². The molecule has 110 valence electrons. The van der Waals surface area contributed by atoms with Gasteiger partial charge < -0.3 is 10.0 Å². The zero-order chi connectivity index (χ0) is 14.7. The second-order valence-corrected chi connectivity index (χ2v) is 5.97. The number of benzene rings is 1. The van der Waals surface area contributed by atoms with Gasteiger partial charge in [0.1, 0.15) is 0 Å². The Labute approximate surface area is 127 Å². The summed E-state index contributed by atoms with van der Waals surface area (Å²) in [6.07, 6.45) is 0. The number of aromatic carboxylic acids is 1. The Morgan fingerprint density at radius 2 is 1.90 bits per heavy atom. The van der Waals surface area contributed by atoms with E-state index in [1.54, 1.807) is 5.51 Å². The molecule has 1 aromatic carbocycles. The standard InChI is InChI=1S/C15H17N3O2S/c19-15(20)14-13(21-11-16-14)10-17-6-8-18(9-7-17)12-4-2-1-3-5-12/h1-5,11H,6-10H2,(H,19,20). The molecule has 21 heavy (non-hydrogen) atoms. The first kappa shape index (κ1) is 14.0. The van der Waals surface area contributed by atoms with Crippen LogP contribution in [-0.2, 0) is 6.54 Å². The minimum atomic E-state index is -0.936. The molecule has 0 unspecified atom stereocenters. The normalized spacial score (nSPS) is 16.1. The molecule has 6 heteroatoms. The van der Waals surface area contributed by atoms with Crippen LogP contribution in [0.25, 0.3) is 0 Å². The number of aromatic nitrogens is 1. The molecule has 0 bridgehead atoms. The molecule has 1 fully saturated rings. The van der Waals surface area contributed by atoms with Gasteiger partial charge in [-0.2, -0.15) is 0 Å². The summed E-state index contributed by atoms with van der Waals surface area (Å²) in [4.78, 5) is 20.5. The molecule has 0 radical (unpaired) electrons. The number of hydrogen-bond donors (Lipinski definition) is 1. The van der Waals surface area contributed by atoms with E-state index in [0.717, 1.165) is 31.1 Å². The van der Waals surface area contributed by atoms with Crippen molar-refractivity contribution < 1.29 is 9.90 Å². The van der Waals surface area contributed by atoms with E-state index in [2.05, 4.69) is 39.0 Å². The highest BCUT2D eigenvalue weighted by Crippen LogP contribution is 2.19. The molecule has 0 saturated carbocycles. The van der Waals surface area contributed by atoms with Gasteiger partial charge in [-0.3, -0.25) is 4.90 Å². The minimum absolute atomic E-state index is 0.200. The molecule has 1 aliphatic heterocycles. The van der Waals surface area contributed by atoms with Gasteiger partial charge in [0.15, 0.2) is 5.69 Å². The van der Waals surface area contributed by atoms with E-state index in [0.29, 0.717) is 6.54 Å². The van der Waals surface area contributed by atoms with Crippen molar-refractivity contribution in [2.24, 2.45) is 0 Å². The fourth-order valence-corrected chi connectivity index (χ4v) is 3.36. The molecule has 0 spiro atoms. The number of nitrogens with zero attached hydrogens (tertiary/aromatic N) is 3. The van der Waals surface area contributed by atoms with E-state index in [4.69, 9.17) is 5.11 Å². The summed E-state index contributed by atoms with van der Waals surface area (Å²) in [7, 11) is 0. The van der Waals surface area contributed by atoms with Gasteiger partial charge >= 0.3 is 5.97 Å². The third-order valence-corrected chi connectivity index (χ3v) is 4.52. The van der Waals surface area contributed by atoms with E-state index in [1.807, 2.05) is 6.07 Å². The van der Waals surface area contributed by atoms with Crippen molar-refractivity contribution >= 4 is 23.0 Å². The highest BCUT2D eigenvalue weighted by molar-refractivity contribution is 7.09. The maximum absolute atomic E-state index is 11.1. The van der Waals surface area contributed by atoms with E-state index in [9.17, 15) is 4.79 Å². The molecule has 0 atom stereocenters. The molecular weight excluding hydrogens is 286 g/mol. The number of para-hydroxylation sites is 1. The second kappa shape index (κ2) is 6.24. The second-order valence-electron chi connectivity index (χ2n) is 5.03. The summed E-state index contributed by atoms with van der Waals surface area (Å²) in [5.74, 6) is -0.936. The monoisotopic (exact) mass is 303 g/mol. The molecule has 2 heterocycles. The lowest BCUT2D eigenvalue weighted by Crippen LogP contribution is -2.46. The average molecular weight is 303 g/mol. The van der Waals surface area contributed by atoms with Crippen LogP contribution in [0, 0.1) is 0 Å². The lowest BCUT2D eigenvalue weighted by molar-refractivity contribution is 0.0689. The molecule has 1 saturated heterocycles. The van der Waals surface area contributed by atoms with Crippen LogP contribution in [0.3, 0.4) is 0 Å². The van der Waals surface area contributed by atoms with E-state index in [-0.39, 0.29) is 5.69 Å². The Morgan fingerprint density at radius 1 is 1.19 bits per heavy atom. The van der Waals surface area contributed by atoms with Crippen LogP contribution in [0.5, 0.6) is 0 Å². The third kappa shape index (κ3) is 3.22. The van der Waals surface area contributed by atoms with Gasteiger partial charge in [0.25, 0.3) is 0 Å². The number of hydrogen-bond acceptors (Lipinski definition) is 5. The molecule has 1 N–H and O–H groups in total. The highest BCUT2D eigenvalue weighted by Gasteiger charge is 2.20. The number of carbonyl (C=O) groups is 1. The van der Waals surface area contributed by atoms with Crippen LogP contribution in [0.15, 0.2) is 35.8 Å². The SMILES string of the molecule is O=C(O)c1ncsc1CN1CCN(c2ccccc2)CC1. The fourth-order valence-electron chi connectivity index (χ4n) is 2.56. The zero-order valence-corrected chi connectivity index (χ0v) is 12.4. The fraction of sp³-hybridized carbons (Fsp3) is 0.333. The smallest absolute Gasteiger partial charge is 0.355 e. The number of carboxylic acids is 1. The lowest BCUT2D eigenvalue weighted by atomic mass is 10.2. The van der Waals surface area contributed by atoms with Crippen LogP contribution in [-0.4, -0.2) is 47.1 Å². The van der Waals surface area contributed by atoms with E-state index >= 15 is 0 Å². The molecule has 2 aromatic rings. The summed E-state index contributed by atoms with van der Waals surface area (Å²) in [6, 6.07) is 10.4. The van der Waals surface area contributed by atoms with Crippen molar-refractivity contribution in [2.45, 2.75) is 6.54 Å². The predicted molar refractivity (Wildman–Crippen MR) is 83.0 cm³/mol. The molecule has 1 aromatic heterocycles. The first-order chi connectivity index (χ1) is 10.2. The van der Waals surface area contributed by atoms with Crippen molar-refractivity contribution in [3.05, 3.63) is 46.4 Å². The van der Waals surface area contributed by atoms with Crippen LogP contribution in [0.4, 0.5) is 5.69 Å². The first-order valence-corrected chi connectivity index (χ1v) is 7.80. The Balaban J connectivity index is 1.59. The summed E-state index contributed by atoms with van der Waals surface area (Å²) < 4.78 is 0. The maximum Gasteiger partial charge on any atom is 0.355 e. The van der Waals surface area contributed by atoms with Crippen molar-refractivity contribution in [2.75, 3.05) is 31.1 Å². The van der Waals surface area contributed by atoms with Crippen LogP contribution < -0.4 is 4.90 Å². The quantitative estimate of drug-likeness (QED) is 0.938. The van der Waals surface area contributed by atoms with Crippen molar-refractivity contribution in [1.82, 2.24) is 9.88 Å². The lowest BCUT2D eigenvalue weighted by Gasteiger charge is -2.35. The summed E-state index contributed by atoms with van der Waals surface area (Å²) in [5.41, 5.74) is 3.06. The number of thiazole rings is 1. The van der Waals surface area contributed by atoms with Gasteiger partial charge in [0, 0.05) is 38.4 Å². The molecule has 3 rings (SSSR count). The van der Waals surface area contributed by atoms with Crippen LogP contribution in [0.2, 0.25) is 0 Å². The molecular formula is C15H17N3O2S. The van der Waals surface area contributed by atoms with Crippen molar-refractivity contribution in [3.63, 3.8) is 0 Å². The Morgan fingerprint density at radius 3 is 2.57 bits per heavy atom. The third-order valence-electron chi connectivity index (χ3n) is 3.70. The molecule has 1 aliphatic rings. The van der Waals surface area contributed by atoms with Gasteiger partial charge in [-0.15, -0.1) is 11.3 Å². The average Bonchev–Trinajstić information content (AvgIpc) is 2.97. The maximum atomic E-state index is 11.1. The van der Waals surface area contributed by atoms with Gasteiger partial charge in [-0.05, 0) is 12.1 Å². The van der Waals surface area contributed by atoms with Gasteiger partial charge in [0.2, 0.25) is 0 Å². The zero-order valence-electron chi connectivity index (χ0n) is 11.6. The number of piperazine rings is 1. The number of carboxylic acid groups (broad SMARTS) is 1. The van der Waals surface area contributed by atoms with Gasteiger partial charge in [-0.1, -0.05) is 18.2 Å². The Kier molecular flexibility index (Phi) is 4.17. The Bertz CT molecular complexity index is 606. The number of anilines is 1. The van der Waals surface area contributed by atoms with Crippen LogP contribution >= 0.6 is 11.3 Å². The van der Waals surface area contributed by atoms with Crippen molar-refractivity contribution in [3.8, 4) is 0 Å². The topological polar surface area (TPSA) is 56.7 Å². The summed E-state index contributed by atoms with van der Waals surface area (Å²) >= 11 is 1.42. The van der Waals surface area contributed by atoms with Crippen LogP contribution in [0.1, 0.15) is 15.4 Å². The first-order valence-electron chi connectivity index (χ1n) is 6.92. The van der Waals surface area contributed by atoms with E-state index in [1.165, 1.54) is 17.0 Å². The minimum Gasteiger partial charge on any atom is -0.476 e. The van der Waals surface area contributed by atoms with Gasteiger partial charge in [0.05, 0.1) is 10.4 Å². The molecule has 5 nitrogen and oxygen atoms in total. The predicted octanol–water partition coefficient (Wildman–Crippen LogP) is 2.16. The molecule has 0 amide bonds. The Hall–Kier alpha value is -1.92. The van der Waals surface area contributed by atoms with E-state index < -0.39 is 5.97 Å². The highest BCUT2D eigenvalue weighted by atomic mass is 32.1. The van der Waals surface area contributed by atoms with Crippen molar-refractivity contribution in [1.29, 1.82) is 0 Å². The largest absolute Gasteiger partial charge is 0.476 e. The summed E-state index contributed by atoms with van der Waals surface area (Å²) in [6.45, 7) is 4.48. The number of rotatable bonds is 4. The molecule has 0 aliphatic carbocycles.